The Bertz CT molecular complexity index is 499. The molecule has 4 nitrogen and oxygen atoms in total. The molecule has 0 bridgehead atoms. The number of carbonyl (C=O) groups is 1. The molecule has 1 amide bonds. The molecule has 1 heterocycles. The van der Waals surface area contributed by atoms with Gasteiger partial charge in [-0.3, -0.25) is 4.79 Å². The number of thiocarbonyl (C=S) groups is 1. The zero-order valence-electron chi connectivity index (χ0n) is 15.4. The number of unbranched alkanes of at least 4 members (excludes halogenated alkanes) is 1. The molecule has 1 atom stereocenters. The molecule has 0 aromatic rings. The molecule has 1 aliphatic heterocycles. The molecular weight excluding hydrogens is 330 g/mol. The molecule has 1 unspecified atom stereocenters. The minimum absolute atomic E-state index is 0.324. The maximum absolute atomic E-state index is 12.6. The summed E-state index contributed by atoms with van der Waals surface area (Å²) in [6.07, 6.45) is 16.2. The average molecular weight is 364 g/mol. The average Bonchev–Trinajstić information content (AvgIpc) is 3.13. The van der Waals surface area contributed by atoms with Crippen LogP contribution in [0.1, 0.15) is 77.0 Å². The molecule has 1 saturated carbocycles. The van der Waals surface area contributed by atoms with Crippen LogP contribution in [0.15, 0.2) is 11.8 Å². The van der Waals surface area contributed by atoms with Gasteiger partial charge in [-0.15, -0.1) is 0 Å². The Morgan fingerprint density at radius 1 is 1.12 bits per heavy atom. The van der Waals surface area contributed by atoms with E-state index in [9.17, 15) is 4.79 Å². The highest BCUT2D eigenvalue weighted by molar-refractivity contribution is 7.80. The lowest BCUT2D eigenvalue weighted by molar-refractivity contribution is -0.130. The molecular formula is C20H33N3OS. The van der Waals surface area contributed by atoms with Crippen molar-refractivity contribution in [2.45, 2.75) is 83.1 Å². The number of rotatable bonds is 6. The van der Waals surface area contributed by atoms with Crippen LogP contribution < -0.4 is 10.6 Å². The van der Waals surface area contributed by atoms with Gasteiger partial charge in [0.05, 0.1) is 0 Å². The number of hydrogen-bond donors (Lipinski definition) is 2. The largest absolute Gasteiger partial charge is 0.363 e. The molecule has 0 aromatic heterocycles. The topological polar surface area (TPSA) is 44.4 Å². The fourth-order valence-electron chi connectivity index (χ4n) is 4.49. The zero-order chi connectivity index (χ0) is 17.5. The SMILES string of the molecule is O=C(CCCCNC(=S)NC1CCCC1)N1CCCC2CCCC=C21. The van der Waals surface area contributed by atoms with Crippen molar-refractivity contribution in [1.29, 1.82) is 0 Å². The third-order valence-corrected chi connectivity index (χ3v) is 6.13. The van der Waals surface area contributed by atoms with E-state index in [1.54, 1.807) is 0 Å². The first-order valence-corrected chi connectivity index (χ1v) is 10.7. The lowest BCUT2D eigenvalue weighted by Gasteiger charge is -2.38. The van der Waals surface area contributed by atoms with Gasteiger partial charge < -0.3 is 15.5 Å². The number of piperidine rings is 1. The molecule has 0 radical (unpaired) electrons. The Balaban J connectivity index is 1.31. The van der Waals surface area contributed by atoms with Crippen LogP contribution in [-0.2, 0) is 4.79 Å². The molecule has 2 fully saturated rings. The quantitative estimate of drug-likeness (QED) is 0.555. The van der Waals surface area contributed by atoms with E-state index in [0.29, 0.717) is 24.3 Å². The minimum atomic E-state index is 0.324. The molecule has 3 rings (SSSR count). The van der Waals surface area contributed by atoms with Crippen LogP contribution in [0.25, 0.3) is 0 Å². The summed E-state index contributed by atoms with van der Waals surface area (Å²) in [6.45, 7) is 1.78. The van der Waals surface area contributed by atoms with E-state index >= 15 is 0 Å². The van der Waals surface area contributed by atoms with Crippen molar-refractivity contribution in [3.63, 3.8) is 0 Å². The van der Waals surface area contributed by atoms with Crippen molar-refractivity contribution in [2.24, 2.45) is 5.92 Å². The maximum atomic E-state index is 12.6. The number of nitrogens with one attached hydrogen (secondary N) is 2. The monoisotopic (exact) mass is 363 g/mol. The van der Waals surface area contributed by atoms with Crippen molar-refractivity contribution < 1.29 is 4.79 Å². The summed E-state index contributed by atoms with van der Waals surface area (Å²) in [7, 11) is 0. The van der Waals surface area contributed by atoms with Gasteiger partial charge in [-0.1, -0.05) is 18.9 Å². The van der Waals surface area contributed by atoms with Crippen molar-refractivity contribution in [3.05, 3.63) is 11.8 Å². The molecule has 25 heavy (non-hydrogen) atoms. The number of hydrogen-bond acceptors (Lipinski definition) is 2. The van der Waals surface area contributed by atoms with E-state index in [2.05, 4.69) is 21.6 Å². The van der Waals surface area contributed by atoms with Gasteiger partial charge in [-0.2, -0.15) is 0 Å². The van der Waals surface area contributed by atoms with Gasteiger partial charge >= 0.3 is 0 Å². The molecule has 3 aliphatic rings. The first-order chi connectivity index (χ1) is 12.2. The predicted molar refractivity (Wildman–Crippen MR) is 106 cm³/mol. The van der Waals surface area contributed by atoms with E-state index in [-0.39, 0.29) is 0 Å². The fraction of sp³-hybridized carbons (Fsp3) is 0.800. The van der Waals surface area contributed by atoms with E-state index in [0.717, 1.165) is 43.9 Å². The second-order valence-corrected chi connectivity index (χ2v) is 8.19. The molecule has 2 aliphatic carbocycles. The Hall–Kier alpha value is -1.10. The summed E-state index contributed by atoms with van der Waals surface area (Å²) >= 11 is 5.35. The van der Waals surface area contributed by atoms with E-state index in [1.165, 1.54) is 50.6 Å². The van der Waals surface area contributed by atoms with Crippen LogP contribution >= 0.6 is 12.2 Å². The number of carbonyl (C=O) groups excluding carboxylic acids is 1. The Kier molecular flexibility index (Phi) is 7.14. The van der Waals surface area contributed by atoms with Crippen LogP contribution in [0.2, 0.25) is 0 Å². The summed E-state index contributed by atoms with van der Waals surface area (Å²) in [5, 5.41) is 7.47. The standard InChI is InChI=1S/C20H33N3OS/c24-19(23-15-7-9-16-8-1-4-12-18(16)23)13-5-6-14-21-20(25)22-17-10-2-3-11-17/h12,16-17H,1-11,13-15H2,(H2,21,22,25). The molecule has 0 aromatic carbocycles. The van der Waals surface area contributed by atoms with Crippen molar-refractivity contribution >= 4 is 23.2 Å². The first kappa shape index (κ1) is 18.7. The summed E-state index contributed by atoms with van der Waals surface area (Å²) in [4.78, 5) is 14.7. The third-order valence-electron chi connectivity index (χ3n) is 5.87. The van der Waals surface area contributed by atoms with Gasteiger partial charge in [-0.05, 0) is 75.9 Å². The predicted octanol–water partition coefficient (Wildman–Crippen LogP) is 3.87. The Labute approximate surface area is 157 Å². The van der Waals surface area contributed by atoms with Crippen LogP contribution in [0.3, 0.4) is 0 Å². The lowest BCUT2D eigenvalue weighted by atomic mass is 9.85. The van der Waals surface area contributed by atoms with Gasteiger partial charge in [0.1, 0.15) is 0 Å². The summed E-state index contributed by atoms with van der Waals surface area (Å²) in [5.41, 5.74) is 1.34. The highest BCUT2D eigenvalue weighted by Gasteiger charge is 2.29. The number of fused-ring (bicyclic) bond motifs is 1. The smallest absolute Gasteiger partial charge is 0.226 e. The van der Waals surface area contributed by atoms with Crippen LogP contribution in [-0.4, -0.2) is 35.1 Å². The summed E-state index contributed by atoms with van der Waals surface area (Å²) in [6, 6.07) is 0.567. The third kappa shape index (κ3) is 5.44. The van der Waals surface area contributed by atoms with Crippen LogP contribution in [0, 0.1) is 5.92 Å². The number of amides is 1. The molecule has 1 saturated heterocycles. The van der Waals surface area contributed by atoms with Gasteiger partial charge in [0.15, 0.2) is 5.11 Å². The Morgan fingerprint density at radius 3 is 2.76 bits per heavy atom. The van der Waals surface area contributed by atoms with E-state index in [1.807, 2.05) is 0 Å². The van der Waals surface area contributed by atoms with E-state index < -0.39 is 0 Å². The van der Waals surface area contributed by atoms with Crippen LogP contribution in [0.4, 0.5) is 0 Å². The first-order valence-electron chi connectivity index (χ1n) is 10.3. The maximum Gasteiger partial charge on any atom is 0.226 e. The van der Waals surface area contributed by atoms with Crippen LogP contribution in [0.5, 0.6) is 0 Å². The lowest BCUT2D eigenvalue weighted by Crippen LogP contribution is -2.41. The van der Waals surface area contributed by atoms with Crippen molar-refractivity contribution in [2.75, 3.05) is 13.1 Å². The summed E-state index contributed by atoms with van der Waals surface area (Å²) < 4.78 is 0. The van der Waals surface area contributed by atoms with Gasteiger partial charge in [0.2, 0.25) is 5.91 Å². The molecule has 5 heteroatoms. The van der Waals surface area contributed by atoms with Gasteiger partial charge in [-0.25, -0.2) is 0 Å². The number of allylic oxidation sites excluding steroid dienone is 2. The van der Waals surface area contributed by atoms with Gasteiger partial charge in [0.25, 0.3) is 0 Å². The second kappa shape index (κ2) is 9.56. The van der Waals surface area contributed by atoms with Crippen molar-refractivity contribution in [3.8, 4) is 0 Å². The highest BCUT2D eigenvalue weighted by Crippen LogP contribution is 2.35. The molecule has 140 valence electrons. The van der Waals surface area contributed by atoms with E-state index in [4.69, 9.17) is 12.2 Å². The van der Waals surface area contributed by atoms with Gasteiger partial charge in [0, 0.05) is 31.2 Å². The second-order valence-electron chi connectivity index (χ2n) is 7.78. The number of nitrogens with zero attached hydrogens (tertiary/aromatic N) is 1. The Morgan fingerprint density at radius 2 is 1.92 bits per heavy atom. The molecule has 0 spiro atoms. The zero-order valence-corrected chi connectivity index (χ0v) is 16.2. The van der Waals surface area contributed by atoms with Crippen molar-refractivity contribution in [1.82, 2.24) is 15.5 Å². The summed E-state index contributed by atoms with van der Waals surface area (Å²) in [5.74, 6) is 0.969. The minimum Gasteiger partial charge on any atom is -0.363 e. The highest BCUT2D eigenvalue weighted by atomic mass is 32.1. The fourth-order valence-corrected chi connectivity index (χ4v) is 4.76. The normalized spacial score (nSPS) is 23.8. The number of likely N-dealkylation sites (tertiary alicyclic amines) is 1. The molecule has 2 N–H and O–H groups in total.